The van der Waals surface area contributed by atoms with Crippen LogP contribution in [0.5, 0.6) is 0 Å². The number of hydrogen-bond donors (Lipinski definition) is 1. The van der Waals surface area contributed by atoms with Crippen molar-refractivity contribution in [2.45, 2.75) is 65.1 Å². The maximum Gasteiger partial charge on any atom is 0.336 e. The molecule has 4 heteroatoms. The summed E-state index contributed by atoms with van der Waals surface area (Å²) in [7, 11) is 0. The minimum atomic E-state index is -0.963. The molecule has 15 heavy (non-hydrogen) atoms. The fraction of sp³-hybridized carbons (Fsp3) is 0.909. The highest BCUT2D eigenvalue weighted by atomic mass is 17.2. The van der Waals surface area contributed by atoms with Gasteiger partial charge in [0.2, 0.25) is 0 Å². The van der Waals surface area contributed by atoms with Gasteiger partial charge in [0, 0.05) is 0 Å². The Kier molecular flexibility index (Phi) is 6.52. The van der Waals surface area contributed by atoms with Crippen LogP contribution in [0.3, 0.4) is 0 Å². The zero-order chi connectivity index (χ0) is 11.9. The highest BCUT2D eigenvalue weighted by Crippen LogP contribution is 2.13. The average molecular weight is 218 g/mol. The summed E-state index contributed by atoms with van der Waals surface area (Å²) in [6, 6.07) is 0. The number of carbonyl (C=O) groups is 1. The molecule has 1 atom stereocenters. The van der Waals surface area contributed by atoms with Crippen LogP contribution in [0.25, 0.3) is 0 Å². The fourth-order valence-corrected chi connectivity index (χ4v) is 0.995. The van der Waals surface area contributed by atoms with E-state index in [4.69, 9.17) is 14.9 Å². The molecule has 0 saturated carbocycles. The highest BCUT2D eigenvalue weighted by Gasteiger charge is 2.22. The van der Waals surface area contributed by atoms with Gasteiger partial charge in [0.1, 0.15) is 0 Å². The molecule has 0 rings (SSSR count). The molecule has 0 aliphatic rings. The van der Waals surface area contributed by atoms with E-state index in [2.05, 4.69) is 6.92 Å². The second-order valence-electron chi connectivity index (χ2n) is 4.61. The first kappa shape index (κ1) is 14.4. The third-order valence-electron chi connectivity index (χ3n) is 1.76. The van der Waals surface area contributed by atoms with Gasteiger partial charge in [-0.2, -0.15) is 0 Å². The maximum atomic E-state index is 10.8. The quantitative estimate of drug-likeness (QED) is 0.405. The molecule has 0 radical (unpaired) electrons. The van der Waals surface area contributed by atoms with Crippen molar-refractivity contribution in [2.24, 2.45) is 0 Å². The van der Waals surface area contributed by atoms with Gasteiger partial charge >= 0.3 is 5.97 Å². The molecule has 90 valence electrons. The summed E-state index contributed by atoms with van der Waals surface area (Å²) in [5.41, 5.74) is -0.474. The lowest BCUT2D eigenvalue weighted by Crippen LogP contribution is -2.29. The number of hydrogen-bond acceptors (Lipinski definition) is 3. The van der Waals surface area contributed by atoms with E-state index in [0.717, 1.165) is 19.3 Å². The topological polar surface area (TPSA) is 55.8 Å². The van der Waals surface area contributed by atoms with Gasteiger partial charge < -0.3 is 5.11 Å². The zero-order valence-corrected chi connectivity index (χ0v) is 10.1. The Morgan fingerprint density at radius 1 is 1.33 bits per heavy atom. The molecule has 0 aromatic rings. The molecule has 0 spiro atoms. The van der Waals surface area contributed by atoms with Crippen LogP contribution in [0.2, 0.25) is 0 Å². The molecule has 4 nitrogen and oxygen atoms in total. The van der Waals surface area contributed by atoms with E-state index in [0.29, 0.717) is 6.42 Å². The maximum absolute atomic E-state index is 10.8. The van der Waals surface area contributed by atoms with Crippen molar-refractivity contribution in [3.63, 3.8) is 0 Å². The van der Waals surface area contributed by atoms with Crippen LogP contribution in [0, 0.1) is 0 Å². The van der Waals surface area contributed by atoms with Crippen LogP contribution < -0.4 is 0 Å². The standard InChI is InChI=1S/C11H22O4/c1-5-6-7-8-9(10(12)13)14-15-11(2,3)4/h9H,5-8H2,1-4H3,(H,12,13). The van der Waals surface area contributed by atoms with Crippen molar-refractivity contribution in [3.05, 3.63) is 0 Å². The van der Waals surface area contributed by atoms with Crippen molar-refractivity contribution in [2.75, 3.05) is 0 Å². The molecule has 0 amide bonds. The number of aliphatic carboxylic acids is 1. The lowest BCUT2D eigenvalue weighted by Gasteiger charge is -2.21. The second-order valence-corrected chi connectivity index (χ2v) is 4.61. The first-order valence-corrected chi connectivity index (χ1v) is 5.44. The lowest BCUT2D eigenvalue weighted by molar-refractivity contribution is -0.368. The first-order valence-electron chi connectivity index (χ1n) is 5.44. The van der Waals surface area contributed by atoms with Crippen LogP contribution in [0.15, 0.2) is 0 Å². The molecule has 0 bridgehead atoms. The Bertz CT molecular complexity index is 184. The molecule has 1 unspecified atom stereocenters. The normalized spacial score (nSPS) is 13.9. The van der Waals surface area contributed by atoms with Crippen LogP contribution in [0.4, 0.5) is 0 Å². The molecule has 0 aliphatic heterocycles. The molecular formula is C11H22O4. The number of carboxylic acids is 1. The molecule has 0 fully saturated rings. The van der Waals surface area contributed by atoms with Crippen molar-refractivity contribution >= 4 is 5.97 Å². The smallest absolute Gasteiger partial charge is 0.336 e. The monoisotopic (exact) mass is 218 g/mol. The van der Waals surface area contributed by atoms with Crippen molar-refractivity contribution in [1.29, 1.82) is 0 Å². The predicted molar refractivity (Wildman–Crippen MR) is 57.5 cm³/mol. The summed E-state index contributed by atoms with van der Waals surface area (Å²) in [6.07, 6.45) is 2.57. The largest absolute Gasteiger partial charge is 0.479 e. The van der Waals surface area contributed by atoms with E-state index in [1.54, 1.807) is 0 Å². The highest BCUT2D eigenvalue weighted by molar-refractivity contribution is 5.72. The molecule has 0 aliphatic carbocycles. The van der Waals surface area contributed by atoms with Crippen LogP contribution >= 0.6 is 0 Å². The summed E-state index contributed by atoms with van der Waals surface area (Å²) in [5.74, 6) is -0.963. The first-order chi connectivity index (χ1) is 6.87. The molecule has 0 heterocycles. The SMILES string of the molecule is CCCCCC(OOC(C)(C)C)C(=O)O. The van der Waals surface area contributed by atoms with Gasteiger partial charge in [0.25, 0.3) is 0 Å². The molecule has 0 aromatic carbocycles. The summed E-state index contributed by atoms with van der Waals surface area (Å²) < 4.78 is 0. The van der Waals surface area contributed by atoms with Crippen molar-refractivity contribution < 1.29 is 19.7 Å². The van der Waals surface area contributed by atoms with Crippen LogP contribution in [-0.2, 0) is 14.6 Å². The fourth-order valence-electron chi connectivity index (χ4n) is 0.995. The van der Waals surface area contributed by atoms with E-state index in [-0.39, 0.29) is 0 Å². The van der Waals surface area contributed by atoms with Crippen molar-refractivity contribution in [1.82, 2.24) is 0 Å². The number of carboxylic acid groups (broad SMARTS) is 1. The van der Waals surface area contributed by atoms with Crippen LogP contribution in [-0.4, -0.2) is 22.8 Å². The summed E-state index contributed by atoms with van der Waals surface area (Å²) >= 11 is 0. The van der Waals surface area contributed by atoms with Gasteiger partial charge in [-0.05, 0) is 27.2 Å². The van der Waals surface area contributed by atoms with E-state index < -0.39 is 17.7 Å². The minimum absolute atomic E-state index is 0.474. The molecule has 1 N–H and O–H groups in total. The predicted octanol–water partition coefficient (Wildman–Crippen LogP) is 2.77. The van der Waals surface area contributed by atoms with Gasteiger partial charge in [0.15, 0.2) is 6.10 Å². The Labute approximate surface area is 91.5 Å². The molecule has 0 saturated heterocycles. The Morgan fingerprint density at radius 3 is 2.33 bits per heavy atom. The Hall–Kier alpha value is -0.610. The van der Waals surface area contributed by atoms with Gasteiger partial charge in [-0.25, -0.2) is 14.6 Å². The number of rotatable bonds is 7. The second kappa shape index (κ2) is 6.80. The van der Waals surface area contributed by atoms with Gasteiger partial charge in [-0.3, -0.25) is 0 Å². The Morgan fingerprint density at radius 2 is 1.93 bits per heavy atom. The van der Waals surface area contributed by atoms with Gasteiger partial charge in [-0.1, -0.05) is 26.2 Å². The summed E-state index contributed by atoms with van der Waals surface area (Å²) in [5, 5.41) is 8.86. The van der Waals surface area contributed by atoms with E-state index >= 15 is 0 Å². The minimum Gasteiger partial charge on any atom is -0.479 e. The lowest BCUT2D eigenvalue weighted by atomic mass is 10.1. The third kappa shape index (κ3) is 8.39. The Balaban J connectivity index is 3.89. The molecule has 0 aromatic heterocycles. The number of unbranched alkanes of at least 4 members (excludes halogenated alkanes) is 2. The van der Waals surface area contributed by atoms with Gasteiger partial charge in [0.05, 0.1) is 5.60 Å². The summed E-state index contributed by atoms with van der Waals surface area (Å²) in [6.45, 7) is 7.52. The summed E-state index contributed by atoms with van der Waals surface area (Å²) in [4.78, 5) is 20.7. The average Bonchev–Trinajstić information content (AvgIpc) is 2.08. The van der Waals surface area contributed by atoms with E-state index in [1.807, 2.05) is 20.8 Å². The van der Waals surface area contributed by atoms with E-state index in [1.165, 1.54) is 0 Å². The third-order valence-corrected chi connectivity index (χ3v) is 1.76. The van der Waals surface area contributed by atoms with Crippen LogP contribution in [0.1, 0.15) is 53.4 Å². The van der Waals surface area contributed by atoms with E-state index in [9.17, 15) is 4.79 Å². The zero-order valence-electron chi connectivity index (χ0n) is 10.1. The van der Waals surface area contributed by atoms with Crippen molar-refractivity contribution in [3.8, 4) is 0 Å². The van der Waals surface area contributed by atoms with Gasteiger partial charge in [-0.15, -0.1) is 0 Å². The molecular weight excluding hydrogens is 196 g/mol.